The van der Waals surface area contributed by atoms with Gasteiger partial charge in [-0.2, -0.15) is 4.37 Å². The summed E-state index contributed by atoms with van der Waals surface area (Å²) in [4.78, 5) is 29.9. The van der Waals surface area contributed by atoms with Crippen LogP contribution in [0.5, 0.6) is 0 Å². The standard InChI is InChI=1S/C24H21F2N3O3S/c25-17-10-15(11-18(26)12-17)20-3-4-21-29(20)23(31)24(32-21)5-7-28(8-6-24)22(30)14-1-2-19-16(9-14)13-33-27-19/h1-2,9-13,20-21H,3-8H2. The van der Waals surface area contributed by atoms with Crippen LogP contribution in [0.4, 0.5) is 8.78 Å². The molecule has 1 aromatic heterocycles. The van der Waals surface area contributed by atoms with Gasteiger partial charge in [0.1, 0.15) is 17.9 Å². The quantitative estimate of drug-likeness (QED) is 0.563. The molecule has 6 rings (SSSR count). The van der Waals surface area contributed by atoms with Gasteiger partial charge in [0.2, 0.25) is 0 Å². The summed E-state index contributed by atoms with van der Waals surface area (Å²) in [7, 11) is 0. The lowest BCUT2D eigenvalue weighted by Gasteiger charge is -2.37. The van der Waals surface area contributed by atoms with Crippen LogP contribution < -0.4 is 0 Å². The average Bonchev–Trinajstić information content (AvgIpc) is 3.49. The Kier molecular flexibility index (Phi) is 4.74. The molecule has 170 valence electrons. The molecular weight excluding hydrogens is 448 g/mol. The van der Waals surface area contributed by atoms with Gasteiger partial charge in [-0.3, -0.25) is 9.59 Å². The van der Waals surface area contributed by atoms with Gasteiger partial charge >= 0.3 is 0 Å². The van der Waals surface area contributed by atoms with Crippen LogP contribution in [-0.4, -0.2) is 50.9 Å². The van der Waals surface area contributed by atoms with Gasteiger partial charge < -0.3 is 14.5 Å². The number of carbonyl (C=O) groups excluding carboxylic acids is 2. The van der Waals surface area contributed by atoms with Crippen LogP contribution in [0.15, 0.2) is 41.8 Å². The highest BCUT2D eigenvalue weighted by Crippen LogP contribution is 2.47. The van der Waals surface area contributed by atoms with Gasteiger partial charge in [0.05, 0.1) is 11.6 Å². The zero-order valence-electron chi connectivity index (χ0n) is 17.7. The topological polar surface area (TPSA) is 62.7 Å². The monoisotopic (exact) mass is 469 g/mol. The molecule has 3 saturated heterocycles. The number of aromatic nitrogens is 1. The van der Waals surface area contributed by atoms with E-state index in [2.05, 4.69) is 4.37 Å². The van der Waals surface area contributed by atoms with E-state index in [4.69, 9.17) is 4.74 Å². The number of halogens is 2. The van der Waals surface area contributed by atoms with Crippen molar-refractivity contribution in [3.63, 3.8) is 0 Å². The van der Waals surface area contributed by atoms with E-state index < -0.39 is 29.5 Å². The minimum absolute atomic E-state index is 0.0722. The van der Waals surface area contributed by atoms with Crippen LogP contribution >= 0.6 is 11.5 Å². The molecule has 2 atom stereocenters. The summed E-state index contributed by atoms with van der Waals surface area (Å²) in [5.41, 5.74) is 0.946. The number of fused-ring (bicyclic) bond motifs is 2. The predicted molar refractivity (Wildman–Crippen MR) is 118 cm³/mol. The molecule has 4 heterocycles. The van der Waals surface area contributed by atoms with Crippen LogP contribution in [0, 0.1) is 11.6 Å². The Morgan fingerprint density at radius 3 is 2.61 bits per heavy atom. The van der Waals surface area contributed by atoms with Crippen molar-refractivity contribution < 1.29 is 23.1 Å². The predicted octanol–water partition coefficient (Wildman–Crippen LogP) is 4.27. The Balaban J connectivity index is 1.18. The lowest BCUT2D eigenvalue weighted by atomic mass is 9.89. The number of hydrogen-bond donors (Lipinski definition) is 0. The number of nitrogens with zero attached hydrogens (tertiary/aromatic N) is 3. The van der Waals surface area contributed by atoms with Crippen LogP contribution in [0.25, 0.3) is 10.9 Å². The van der Waals surface area contributed by atoms with Crippen molar-refractivity contribution in [2.45, 2.75) is 43.6 Å². The molecule has 3 aliphatic rings. The van der Waals surface area contributed by atoms with Crippen molar-refractivity contribution in [2.24, 2.45) is 0 Å². The summed E-state index contributed by atoms with van der Waals surface area (Å²) < 4.78 is 38.1. The minimum Gasteiger partial charge on any atom is -0.342 e. The zero-order valence-corrected chi connectivity index (χ0v) is 18.5. The fourth-order valence-electron chi connectivity index (χ4n) is 5.40. The first kappa shape index (κ1) is 20.7. The van der Waals surface area contributed by atoms with E-state index in [1.807, 2.05) is 17.5 Å². The first-order valence-corrected chi connectivity index (χ1v) is 11.9. The molecule has 0 aliphatic carbocycles. The number of amides is 2. The molecule has 9 heteroatoms. The third kappa shape index (κ3) is 3.33. The molecular formula is C24H21F2N3O3S. The van der Waals surface area contributed by atoms with Gasteiger partial charge in [-0.15, -0.1) is 0 Å². The third-order valence-corrected chi connectivity index (χ3v) is 7.71. The number of benzene rings is 2. The molecule has 2 unspecified atom stereocenters. The molecule has 6 nitrogen and oxygen atoms in total. The lowest BCUT2D eigenvalue weighted by molar-refractivity contribution is -0.142. The largest absolute Gasteiger partial charge is 0.342 e. The zero-order chi connectivity index (χ0) is 22.7. The maximum absolute atomic E-state index is 13.8. The van der Waals surface area contributed by atoms with Gasteiger partial charge in [0.25, 0.3) is 11.8 Å². The Labute approximate surface area is 192 Å². The molecule has 2 aromatic carbocycles. The van der Waals surface area contributed by atoms with Crippen molar-refractivity contribution in [1.29, 1.82) is 0 Å². The van der Waals surface area contributed by atoms with Gasteiger partial charge in [-0.25, -0.2) is 8.78 Å². The molecule has 0 N–H and O–H groups in total. The summed E-state index contributed by atoms with van der Waals surface area (Å²) in [5.74, 6) is -1.52. The van der Waals surface area contributed by atoms with E-state index in [0.717, 1.165) is 17.0 Å². The normalized spacial score (nSPS) is 24.1. The van der Waals surface area contributed by atoms with Crippen molar-refractivity contribution in [3.8, 4) is 0 Å². The number of likely N-dealkylation sites (tertiary alicyclic amines) is 1. The van der Waals surface area contributed by atoms with E-state index in [-0.39, 0.29) is 11.8 Å². The second-order valence-electron chi connectivity index (χ2n) is 8.96. The summed E-state index contributed by atoms with van der Waals surface area (Å²) in [5, 5.41) is 2.85. The lowest BCUT2D eigenvalue weighted by Crippen LogP contribution is -2.51. The fourth-order valence-corrected chi connectivity index (χ4v) is 6.03. The molecule has 3 aromatic rings. The highest BCUT2D eigenvalue weighted by molar-refractivity contribution is 7.04. The van der Waals surface area contributed by atoms with Gasteiger partial charge in [-0.1, -0.05) is 0 Å². The highest BCUT2D eigenvalue weighted by Gasteiger charge is 2.58. The highest BCUT2D eigenvalue weighted by atomic mass is 32.1. The third-order valence-electron chi connectivity index (χ3n) is 7.05. The Bertz CT molecular complexity index is 1250. The minimum atomic E-state index is -0.979. The second kappa shape index (κ2) is 7.56. The van der Waals surface area contributed by atoms with E-state index in [9.17, 15) is 18.4 Å². The van der Waals surface area contributed by atoms with Crippen LogP contribution in [0.1, 0.15) is 47.6 Å². The molecule has 0 radical (unpaired) electrons. The maximum Gasteiger partial charge on any atom is 0.257 e. The summed E-state index contributed by atoms with van der Waals surface area (Å²) >= 11 is 1.35. The van der Waals surface area contributed by atoms with Gasteiger partial charge in [0.15, 0.2) is 5.60 Å². The molecule has 33 heavy (non-hydrogen) atoms. The molecule has 3 fully saturated rings. The second-order valence-corrected chi connectivity index (χ2v) is 9.58. The molecule has 1 spiro atoms. The van der Waals surface area contributed by atoms with E-state index >= 15 is 0 Å². The van der Waals surface area contributed by atoms with Crippen LogP contribution in [0.3, 0.4) is 0 Å². The smallest absolute Gasteiger partial charge is 0.257 e. The maximum atomic E-state index is 13.8. The van der Waals surface area contributed by atoms with Crippen LogP contribution in [-0.2, 0) is 9.53 Å². The Hall–Kier alpha value is -2.91. The molecule has 3 aliphatic heterocycles. The Morgan fingerprint density at radius 2 is 1.85 bits per heavy atom. The van der Waals surface area contributed by atoms with Crippen molar-refractivity contribution in [1.82, 2.24) is 14.2 Å². The fraction of sp³-hybridized carbons (Fsp3) is 0.375. The summed E-state index contributed by atoms with van der Waals surface area (Å²) in [6, 6.07) is 8.48. The summed E-state index contributed by atoms with van der Waals surface area (Å²) in [6.45, 7) is 0.814. The number of ether oxygens (including phenoxy) is 1. The van der Waals surface area contributed by atoms with Gasteiger partial charge in [0, 0.05) is 48.3 Å². The van der Waals surface area contributed by atoms with Crippen LogP contribution in [0.2, 0.25) is 0 Å². The average molecular weight is 470 g/mol. The van der Waals surface area contributed by atoms with Crippen molar-refractivity contribution in [2.75, 3.05) is 13.1 Å². The molecule has 2 amide bonds. The van der Waals surface area contributed by atoms with E-state index in [1.165, 1.54) is 23.7 Å². The molecule has 0 bridgehead atoms. The Morgan fingerprint density at radius 1 is 1.09 bits per heavy atom. The SMILES string of the molecule is O=C(c1ccc2nscc2c1)N1CCC2(CC1)OC1CCC(c3cc(F)cc(F)c3)N1C2=O. The number of carbonyl (C=O) groups is 2. The number of hydrogen-bond acceptors (Lipinski definition) is 5. The van der Waals surface area contributed by atoms with Gasteiger partial charge in [-0.05, 0) is 60.3 Å². The van der Waals surface area contributed by atoms with E-state index in [0.29, 0.717) is 49.9 Å². The summed E-state index contributed by atoms with van der Waals surface area (Å²) in [6.07, 6.45) is 1.62. The first-order valence-electron chi connectivity index (χ1n) is 11.0. The molecule has 0 saturated carbocycles. The number of rotatable bonds is 2. The van der Waals surface area contributed by atoms with Crippen molar-refractivity contribution >= 4 is 34.2 Å². The van der Waals surface area contributed by atoms with E-state index in [1.54, 1.807) is 15.9 Å². The number of piperidine rings is 1. The van der Waals surface area contributed by atoms with Crippen molar-refractivity contribution in [3.05, 3.63) is 64.5 Å². The first-order chi connectivity index (χ1) is 15.9.